The van der Waals surface area contributed by atoms with Crippen LogP contribution >= 0.6 is 0 Å². The van der Waals surface area contributed by atoms with Crippen LogP contribution in [0.2, 0.25) is 0 Å². The number of nitrogens with zero attached hydrogens (tertiary/aromatic N) is 2. The lowest BCUT2D eigenvalue weighted by Gasteiger charge is -2.19. The second-order valence-corrected chi connectivity index (χ2v) is 7.12. The molecule has 98 valence electrons. The number of hydrogen-bond acceptors (Lipinski definition) is 4. The summed E-state index contributed by atoms with van der Waals surface area (Å²) in [5.41, 5.74) is 1.96. The summed E-state index contributed by atoms with van der Waals surface area (Å²) < 4.78 is 24.1. The lowest BCUT2D eigenvalue weighted by molar-refractivity contribution is 0.540. The molecule has 1 unspecified atom stereocenters. The van der Waals surface area contributed by atoms with Crippen molar-refractivity contribution >= 4 is 20.9 Å². The molecule has 5 nitrogen and oxygen atoms in total. The number of sulfone groups is 1. The van der Waals surface area contributed by atoms with E-state index in [-0.39, 0.29) is 5.75 Å². The number of nitrogens with one attached hydrogen (secondary N) is 1. The van der Waals surface area contributed by atoms with Crippen LogP contribution in [-0.4, -0.2) is 24.1 Å². The Balaban J connectivity index is 2.08. The van der Waals surface area contributed by atoms with Crippen LogP contribution in [0.4, 0.5) is 0 Å². The van der Waals surface area contributed by atoms with Gasteiger partial charge in [0, 0.05) is 0 Å². The van der Waals surface area contributed by atoms with Crippen molar-refractivity contribution in [2.45, 2.75) is 24.5 Å². The van der Waals surface area contributed by atoms with E-state index in [2.05, 4.69) is 16.0 Å². The molecule has 0 spiro atoms. The molecule has 2 aromatic rings. The van der Waals surface area contributed by atoms with Gasteiger partial charge in [0.2, 0.25) is 0 Å². The molecule has 2 heterocycles. The number of benzene rings is 1. The fourth-order valence-corrected chi connectivity index (χ4v) is 4.38. The van der Waals surface area contributed by atoms with Gasteiger partial charge in [0.25, 0.3) is 0 Å². The number of rotatable bonds is 1. The molecule has 1 fully saturated rings. The van der Waals surface area contributed by atoms with E-state index in [0.717, 1.165) is 18.4 Å². The van der Waals surface area contributed by atoms with Gasteiger partial charge in [-0.1, -0.05) is 6.42 Å². The van der Waals surface area contributed by atoms with Crippen LogP contribution in [0.15, 0.2) is 18.2 Å². The van der Waals surface area contributed by atoms with Gasteiger partial charge in [-0.25, -0.2) is 13.4 Å². The summed E-state index contributed by atoms with van der Waals surface area (Å²) in [4.78, 5) is 7.42. The van der Waals surface area contributed by atoms with E-state index in [4.69, 9.17) is 5.26 Å². The van der Waals surface area contributed by atoms with Gasteiger partial charge in [-0.2, -0.15) is 5.26 Å². The predicted octanol–water partition coefficient (Wildman–Crippen LogP) is 2.07. The van der Waals surface area contributed by atoms with Gasteiger partial charge < -0.3 is 4.98 Å². The quantitative estimate of drug-likeness (QED) is 0.863. The fourth-order valence-electron chi connectivity index (χ4n) is 2.51. The van der Waals surface area contributed by atoms with Gasteiger partial charge in [0.05, 0.1) is 28.4 Å². The summed E-state index contributed by atoms with van der Waals surface area (Å²) in [6, 6.07) is 7.18. The SMILES string of the molecule is N#Cc1ccc2nc(C3CCCCS3(=O)=O)[nH]c2c1. The molecule has 1 aromatic heterocycles. The van der Waals surface area contributed by atoms with Gasteiger partial charge in [-0.3, -0.25) is 0 Å². The number of imidazole rings is 1. The number of hydrogen-bond donors (Lipinski definition) is 1. The molecule has 1 N–H and O–H groups in total. The van der Waals surface area contributed by atoms with E-state index >= 15 is 0 Å². The molecule has 1 aliphatic heterocycles. The number of H-pyrrole nitrogens is 1. The van der Waals surface area contributed by atoms with Gasteiger partial charge in [-0.15, -0.1) is 0 Å². The Morgan fingerprint density at radius 2 is 2.21 bits per heavy atom. The first-order valence-corrected chi connectivity index (χ1v) is 7.93. The Morgan fingerprint density at radius 1 is 1.37 bits per heavy atom. The van der Waals surface area contributed by atoms with Crippen LogP contribution in [0.5, 0.6) is 0 Å². The molecule has 6 heteroatoms. The first kappa shape index (κ1) is 12.2. The maximum absolute atomic E-state index is 12.1. The molecule has 0 amide bonds. The van der Waals surface area contributed by atoms with Crippen molar-refractivity contribution in [2.75, 3.05) is 5.75 Å². The molecule has 0 bridgehead atoms. The molecule has 1 aromatic carbocycles. The Kier molecular flexibility index (Phi) is 2.79. The van der Waals surface area contributed by atoms with E-state index in [1.54, 1.807) is 18.2 Å². The Labute approximate surface area is 111 Å². The molecule has 1 aliphatic rings. The summed E-state index contributed by atoms with van der Waals surface area (Å²) in [6.07, 6.45) is 2.26. The normalized spacial score (nSPS) is 22.2. The van der Waals surface area contributed by atoms with Crippen LogP contribution in [0.1, 0.15) is 35.9 Å². The van der Waals surface area contributed by atoms with Gasteiger partial charge in [-0.05, 0) is 31.0 Å². The summed E-state index contributed by atoms with van der Waals surface area (Å²) in [6.45, 7) is 0. The van der Waals surface area contributed by atoms with E-state index in [0.29, 0.717) is 23.3 Å². The lowest BCUT2D eigenvalue weighted by Crippen LogP contribution is -2.22. The van der Waals surface area contributed by atoms with Gasteiger partial charge in [0.1, 0.15) is 11.1 Å². The van der Waals surface area contributed by atoms with Crippen LogP contribution in [0, 0.1) is 11.3 Å². The summed E-state index contributed by atoms with van der Waals surface area (Å²) in [5.74, 6) is 0.739. The molecule has 0 radical (unpaired) electrons. The van der Waals surface area contributed by atoms with E-state index in [1.807, 2.05) is 0 Å². The van der Waals surface area contributed by atoms with Crippen LogP contribution in [0.3, 0.4) is 0 Å². The van der Waals surface area contributed by atoms with Crippen molar-refractivity contribution in [3.05, 3.63) is 29.6 Å². The van der Waals surface area contributed by atoms with Crippen molar-refractivity contribution in [3.63, 3.8) is 0 Å². The maximum Gasteiger partial charge on any atom is 0.160 e. The third-order valence-corrected chi connectivity index (χ3v) is 5.70. The van der Waals surface area contributed by atoms with Crippen molar-refractivity contribution in [1.29, 1.82) is 5.26 Å². The monoisotopic (exact) mass is 275 g/mol. The first-order chi connectivity index (χ1) is 9.10. The maximum atomic E-state index is 12.1. The van der Waals surface area contributed by atoms with Crippen molar-refractivity contribution in [2.24, 2.45) is 0 Å². The minimum Gasteiger partial charge on any atom is -0.341 e. The molecular weight excluding hydrogens is 262 g/mol. The Bertz CT molecular complexity index is 771. The highest BCUT2D eigenvalue weighted by Crippen LogP contribution is 2.32. The highest BCUT2D eigenvalue weighted by Gasteiger charge is 2.32. The van der Waals surface area contributed by atoms with Crippen molar-refractivity contribution in [3.8, 4) is 6.07 Å². The third-order valence-electron chi connectivity index (χ3n) is 3.51. The zero-order chi connectivity index (χ0) is 13.5. The Hall–Kier alpha value is -1.87. The summed E-state index contributed by atoms with van der Waals surface area (Å²) >= 11 is 0. The standard InChI is InChI=1S/C13H13N3O2S/c14-8-9-4-5-10-11(7-9)16-13(15-10)12-3-1-2-6-19(12,17)18/h4-5,7,12H,1-3,6H2,(H,15,16). The smallest absolute Gasteiger partial charge is 0.160 e. The van der Waals surface area contributed by atoms with Crippen molar-refractivity contribution in [1.82, 2.24) is 9.97 Å². The largest absolute Gasteiger partial charge is 0.341 e. The molecule has 1 saturated heterocycles. The van der Waals surface area contributed by atoms with Gasteiger partial charge in [0.15, 0.2) is 9.84 Å². The minimum absolute atomic E-state index is 0.234. The summed E-state index contributed by atoms with van der Waals surface area (Å²) in [5, 5.41) is 8.33. The molecule has 1 atom stereocenters. The topological polar surface area (TPSA) is 86.6 Å². The van der Waals surface area contributed by atoms with Gasteiger partial charge >= 0.3 is 0 Å². The lowest BCUT2D eigenvalue weighted by atomic mass is 10.2. The van der Waals surface area contributed by atoms with Crippen LogP contribution in [0.25, 0.3) is 11.0 Å². The molecule has 0 saturated carbocycles. The molecule has 19 heavy (non-hydrogen) atoms. The van der Waals surface area contributed by atoms with E-state index in [1.165, 1.54) is 0 Å². The Morgan fingerprint density at radius 3 is 2.95 bits per heavy atom. The molecule has 0 aliphatic carbocycles. The first-order valence-electron chi connectivity index (χ1n) is 6.21. The second kappa shape index (κ2) is 4.35. The average molecular weight is 275 g/mol. The number of aromatic nitrogens is 2. The average Bonchev–Trinajstić information content (AvgIpc) is 2.80. The highest BCUT2D eigenvalue weighted by molar-refractivity contribution is 7.91. The number of aromatic amines is 1. The van der Waals surface area contributed by atoms with E-state index in [9.17, 15) is 8.42 Å². The minimum atomic E-state index is -3.10. The zero-order valence-electron chi connectivity index (χ0n) is 10.3. The number of fused-ring (bicyclic) bond motifs is 1. The van der Waals surface area contributed by atoms with Crippen molar-refractivity contribution < 1.29 is 8.42 Å². The summed E-state index contributed by atoms with van der Waals surface area (Å²) in [7, 11) is -3.10. The third kappa shape index (κ3) is 2.10. The molecule has 3 rings (SSSR count). The number of nitriles is 1. The fraction of sp³-hybridized carbons (Fsp3) is 0.385. The second-order valence-electron chi connectivity index (χ2n) is 4.82. The van der Waals surface area contributed by atoms with Crippen LogP contribution < -0.4 is 0 Å². The predicted molar refractivity (Wildman–Crippen MR) is 71.2 cm³/mol. The molecular formula is C13H13N3O2S. The van der Waals surface area contributed by atoms with E-state index < -0.39 is 15.1 Å². The zero-order valence-corrected chi connectivity index (χ0v) is 11.1. The highest BCUT2D eigenvalue weighted by atomic mass is 32.2. The van der Waals surface area contributed by atoms with Crippen LogP contribution in [-0.2, 0) is 9.84 Å².